The number of hydrogen-bond acceptors (Lipinski definition) is 5. The van der Waals surface area contributed by atoms with Gasteiger partial charge in [-0.1, -0.05) is 36.4 Å². The summed E-state index contributed by atoms with van der Waals surface area (Å²) in [6.07, 6.45) is 1.76. The molecule has 6 heteroatoms. The SMILES string of the molecule is COc1cccc([C@@H](Nc2ccccn2)c2c(NC(=O)c3ccccc3)sc(C)c2C)c1. The predicted molar refractivity (Wildman–Crippen MR) is 131 cm³/mol. The van der Waals surface area contributed by atoms with Gasteiger partial charge in [-0.2, -0.15) is 0 Å². The lowest BCUT2D eigenvalue weighted by atomic mass is 9.96. The van der Waals surface area contributed by atoms with E-state index in [9.17, 15) is 4.79 Å². The minimum Gasteiger partial charge on any atom is -0.497 e. The highest BCUT2D eigenvalue weighted by atomic mass is 32.1. The van der Waals surface area contributed by atoms with Gasteiger partial charge in [0.25, 0.3) is 5.91 Å². The number of thiophene rings is 1. The number of hydrogen-bond donors (Lipinski definition) is 2. The molecule has 0 fully saturated rings. The molecular weight excluding hydrogens is 418 g/mol. The Morgan fingerprint density at radius 1 is 1.00 bits per heavy atom. The molecule has 0 spiro atoms. The zero-order valence-corrected chi connectivity index (χ0v) is 19.1. The quantitative estimate of drug-likeness (QED) is 0.356. The Morgan fingerprint density at radius 2 is 1.78 bits per heavy atom. The Bertz CT molecular complexity index is 1210. The third-order valence-electron chi connectivity index (χ3n) is 5.37. The molecule has 0 aliphatic carbocycles. The Kier molecular flexibility index (Phi) is 6.52. The van der Waals surface area contributed by atoms with Crippen LogP contribution < -0.4 is 15.4 Å². The summed E-state index contributed by atoms with van der Waals surface area (Å²) in [5.74, 6) is 1.40. The number of benzene rings is 2. The van der Waals surface area contributed by atoms with Gasteiger partial charge in [-0.05, 0) is 61.4 Å². The summed E-state index contributed by atoms with van der Waals surface area (Å²) in [7, 11) is 1.66. The molecule has 32 heavy (non-hydrogen) atoms. The number of pyridine rings is 1. The van der Waals surface area contributed by atoms with Crippen LogP contribution >= 0.6 is 11.3 Å². The third-order valence-corrected chi connectivity index (χ3v) is 6.51. The second-order valence-corrected chi connectivity index (χ2v) is 8.64. The van der Waals surface area contributed by atoms with Gasteiger partial charge in [-0.3, -0.25) is 4.79 Å². The van der Waals surface area contributed by atoms with E-state index in [1.807, 2.05) is 66.7 Å². The molecule has 2 aromatic heterocycles. The first kappa shape index (κ1) is 21.6. The van der Waals surface area contributed by atoms with E-state index in [2.05, 4.69) is 35.5 Å². The molecule has 0 saturated heterocycles. The number of carbonyl (C=O) groups excluding carboxylic acids is 1. The van der Waals surface area contributed by atoms with Gasteiger partial charge in [0.15, 0.2) is 0 Å². The van der Waals surface area contributed by atoms with Crippen LogP contribution in [-0.4, -0.2) is 18.0 Å². The summed E-state index contributed by atoms with van der Waals surface area (Å²) >= 11 is 1.58. The lowest BCUT2D eigenvalue weighted by Gasteiger charge is -2.23. The van der Waals surface area contributed by atoms with Crippen molar-refractivity contribution in [3.63, 3.8) is 0 Å². The van der Waals surface area contributed by atoms with Gasteiger partial charge in [0.05, 0.1) is 13.2 Å². The number of ether oxygens (including phenoxy) is 1. The number of aromatic nitrogens is 1. The maximum absolute atomic E-state index is 12.9. The molecule has 1 amide bonds. The molecule has 4 aromatic rings. The lowest BCUT2D eigenvalue weighted by Crippen LogP contribution is -2.18. The molecule has 0 bridgehead atoms. The number of aryl methyl sites for hydroxylation is 1. The summed E-state index contributed by atoms with van der Waals surface area (Å²) in [5.41, 5.74) is 3.80. The van der Waals surface area contributed by atoms with Crippen molar-refractivity contribution >= 4 is 28.1 Å². The minimum absolute atomic E-state index is 0.129. The van der Waals surface area contributed by atoms with Crippen LogP contribution in [0.15, 0.2) is 79.0 Å². The molecule has 1 atom stereocenters. The zero-order valence-electron chi connectivity index (χ0n) is 18.3. The molecule has 0 unspecified atom stereocenters. The van der Waals surface area contributed by atoms with Crippen molar-refractivity contribution in [2.24, 2.45) is 0 Å². The molecule has 162 valence electrons. The van der Waals surface area contributed by atoms with Crippen LogP contribution in [0.4, 0.5) is 10.8 Å². The van der Waals surface area contributed by atoms with Crippen LogP contribution in [-0.2, 0) is 0 Å². The number of methoxy groups -OCH3 is 1. The average Bonchev–Trinajstić information content (AvgIpc) is 3.11. The average molecular weight is 444 g/mol. The second kappa shape index (κ2) is 9.66. The molecule has 5 nitrogen and oxygen atoms in total. The smallest absolute Gasteiger partial charge is 0.256 e. The van der Waals surface area contributed by atoms with Crippen molar-refractivity contribution < 1.29 is 9.53 Å². The molecule has 2 aromatic carbocycles. The van der Waals surface area contributed by atoms with Gasteiger partial charge in [0.1, 0.15) is 16.6 Å². The number of anilines is 2. The Labute approximate surface area is 192 Å². The molecule has 0 aliphatic rings. The number of nitrogens with one attached hydrogen (secondary N) is 2. The van der Waals surface area contributed by atoms with E-state index in [-0.39, 0.29) is 11.9 Å². The largest absolute Gasteiger partial charge is 0.497 e. The summed E-state index contributed by atoms with van der Waals surface area (Å²) in [5, 5.41) is 7.52. The van der Waals surface area contributed by atoms with Crippen molar-refractivity contribution in [2.45, 2.75) is 19.9 Å². The fourth-order valence-electron chi connectivity index (χ4n) is 3.59. The van der Waals surface area contributed by atoms with Gasteiger partial charge < -0.3 is 15.4 Å². The summed E-state index contributed by atoms with van der Waals surface area (Å²) in [6.45, 7) is 4.16. The summed E-state index contributed by atoms with van der Waals surface area (Å²) in [4.78, 5) is 18.6. The van der Waals surface area contributed by atoms with Gasteiger partial charge in [0.2, 0.25) is 0 Å². The Balaban J connectivity index is 1.79. The van der Waals surface area contributed by atoms with Gasteiger partial charge >= 0.3 is 0 Å². The molecule has 0 radical (unpaired) electrons. The van der Waals surface area contributed by atoms with Crippen molar-refractivity contribution in [2.75, 3.05) is 17.7 Å². The van der Waals surface area contributed by atoms with Gasteiger partial charge in [0, 0.05) is 22.2 Å². The number of nitrogens with zero attached hydrogens (tertiary/aromatic N) is 1. The third kappa shape index (κ3) is 4.65. The Morgan fingerprint density at radius 3 is 2.50 bits per heavy atom. The number of amides is 1. The van der Waals surface area contributed by atoms with Crippen molar-refractivity contribution in [1.29, 1.82) is 0 Å². The van der Waals surface area contributed by atoms with Crippen LogP contribution in [0.3, 0.4) is 0 Å². The highest BCUT2D eigenvalue weighted by molar-refractivity contribution is 7.16. The second-order valence-electron chi connectivity index (χ2n) is 7.42. The maximum atomic E-state index is 12.9. The molecule has 2 heterocycles. The molecular formula is C26H25N3O2S. The normalized spacial score (nSPS) is 11.6. The number of rotatable bonds is 7. The monoisotopic (exact) mass is 443 g/mol. The summed E-state index contributed by atoms with van der Waals surface area (Å²) in [6, 6.07) is 22.8. The van der Waals surface area contributed by atoms with Crippen molar-refractivity contribution in [1.82, 2.24) is 4.98 Å². The van der Waals surface area contributed by atoms with Gasteiger partial charge in [-0.15, -0.1) is 11.3 Å². The lowest BCUT2D eigenvalue weighted by molar-refractivity contribution is 0.102. The minimum atomic E-state index is -0.226. The van der Waals surface area contributed by atoms with Crippen molar-refractivity contribution in [3.05, 3.63) is 106 Å². The summed E-state index contributed by atoms with van der Waals surface area (Å²) < 4.78 is 5.47. The first-order chi connectivity index (χ1) is 15.6. The van der Waals surface area contributed by atoms with Crippen LogP contribution in [0.25, 0.3) is 0 Å². The van der Waals surface area contributed by atoms with E-state index < -0.39 is 0 Å². The van der Waals surface area contributed by atoms with E-state index in [0.29, 0.717) is 5.56 Å². The fraction of sp³-hybridized carbons (Fsp3) is 0.154. The van der Waals surface area contributed by atoms with Gasteiger partial charge in [-0.25, -0.2) is 4.98 Å². The van der Waals surface area contributed by atoms with Crippen LogP contribution in [0.1, 0.15) is 38.0 Å². The highest BCUT2D eigenvalue weighted by Crippen LogP contribution is 2.41. The first-order valence-electron chi connectivity index (χ1n) is 10.3. The molecule has 2 N–H and O–H groups in total. The zero-order chi connectivity index (χ0) is 22.5. The van der Waals surface area contributed by atoms with E-state index in [0.717, 1.165) is 38.1 Å². The Hall–Kier alpha value is -3.64. The van der Waals surface area contributed by atoms with Crippen LogP contribution in [0, 0.1) is 13.8 Å². The van der Waals surface area contributed by atoms with Crippen LogP contribution in [0.5, 0.6) is 5.75 Å². The molecule has 0 saturated carbocycles. The topological polar surface area (TPSA) is 63.2 Å². The molecule has 4 rings (SSSR count). The number of carbonyl (C=O) groups is 1. The van der Waals surface area contributed by atoms with E-state index in [4.69, 9.17) is 4.74 Å². The highest BCUT2D eigenvalue weighted by Gasteiger charge is 2.25. The standard InChI is InChI=1S/C26H25N3O2S/c1-17-18(2)32-26(29-25(30)19-10-5-4-6-11-19)23(17)24(28-22-14-7-8-15-27-22)20-12-9-13-21(16-20)31-3/h4-16,24H,1-3H3,(H,27,28)(H,29,30)/t24-/m1/s1. The van der Waals surface area contributed by atoms with Crippen LogP contribution in [0.2, 0.25) is 0 Å². The van der Waals surface area contributed by atoms with E-state index >= 15 is 0 Å². The van der Waals surface area contributed by atoms with Crippen molar-refractivity contribution in [3.8, 4) is 5.75 Å². The first-order valence-corrected chi connectivity index (χ1v) is 11.2. The van der Waals surface area contributed by atoms with E-state index in [1.165, 1.54) is 0 Å². The fourth-order valence-corrected chi connectivity index (χ4v) is 4.68. The molecule has 0 aliphatic heterocycles. The maximum Gasteiger partial charge on any atom is 0.256 e. The van der Waals surface area contributed by atoms with E-state index in [1.54, 1.807) is 24.6 Å². The predicted octanol–water partition coefficient (Wildman–Crippen LogP) is 6.22.